The van der Waals surface area contributed by atoms with Gasteiger partial charge in [-0.3, -0.25) is 0 Å². The van der Waals surface area contributed by atoms with E-state index in [2.05, 4.69) is 15.9 Å². The highest BCUT2D eigenvalue weighted by Gasteiger charge is 2.17. The van der Waals surface area contributed by atoms with Gasteiger partial charge in [0.2, 0.25) is 0 Å². The van der Waals surface area contributed by atoms with E-state index in [1.807, 2.05) is 39.0 Å². The first-order valence-corrected chi connectivity index (χ1v) is 5.39. The molecule has 0 aromatic heterocycles. The van der Waals surface area contributed by atoms with Gasteiger partial charge in [-0.25, -0.2) is 0 Å². The maximum atomic E-state index is 5.73. The summed E-state index contributed by atoms with van der Waals surface area (Å²) in [7, 11) is 0. The first kappa shape index (κ1) is 11.5. The molecule has 78 valence electrons. The molecule has 14 heavy (non-hydrogen) atoms. The summed E-state index contributed by atoms with van der Waals surface area (Å²) in [6.07, 6.45) is 0. The van der Waals surface area contributed by atoms with E-state index < -0.39 is 0 Å². The van der Waals surface area contributed by atoms with Gasteiger partial charge in [0.25, 0.3) is 0 Å². The molecular formula is C11H16BrNO. The molecule has 0 bridgehead atoms. The zero-order valence-corrected chi connectivity index (χ0v) is 10.4. The smallest absolute Gasteiger partial charge is 0.121 e. The van der Waals surface area contributed by atoms with Crippen LogP contribution in [0, 0.1) is 6.92 Å². The van der Waals surface area contributed by atoms with Gasteiger partial charge in [-0.2, -0.15) is 0 Å². The van der Waals surface area contributed by atoms with Gasteiger partial charge in [0.05, 0.1) is 0 Å². The third kappa shape index (κ3) is 3.00. The molecule has 0 unspecified atom stereocenters. The summed E-state index contributed by atoms with van der Waals surface area (Å²) in [5.41, 5.74) is 6.47. The van der Waals surface area contributed by atoms with Crippen molar-refractivity contribution in [2.45, 2.75) is 26.4 Å². The predicted molar refractivity (Wildman–Crippen MR) is 62.6 cm³/mol. The Morgan fingerprint density at radius 3 is 2.57 bits per heavy atom. The summed E-state index contributed by atoms with van der Waals surface area (Å²) in [4.78, 5) is 0. The molecule has 2 N–H and O–H groups in total. The molecule has 1 aromatic carbocycles. The van der Waals surface area contributed by atoms with Crippen LogP contribution in [0.5, 0.6) is 5.75 Å². The summed E-state index contributed by atoms with van der Waals surface area (Å²) >= 11 is 3.46. The molecule has 0 spiro atoms. The van der Waals surface area contributed by atoms with Crippen molar-refractivity contribution in [3.8, 4) is 5.75 Å². The lowest BCUT2D eigenvalue weighted by Gasteiger charge is -2.24. The van der Waals surface area contributed by atoms with E-state index in [1.54, 1.807) is 0 Å². The van der Waals surface area contributed by atoms with Crippen LogP contribution in [0.2, 0.25) is 0 Å². The molecule has 0 radical (unpaired) electrons. The molecule has 0 saturated heterocycles. The van der Waals surface area contributed by atoms with Crippen LogP contribution in [0.3, 0.4) is 0 Å². The highest BCUT2D eigenvalue weighted by Crippen LogP contribution is 2.24. The highest BCUT2D eigenvalue weighted by atomic mass is 79.9. The number of halogens is 1. The Morgan fingerprint density at radius 2 is 2.07 bits per heavy atom. The van der Waals surface area contributed by atoms with E-state index in [0.29, 0.717) is 6.54 Å². The van der Waals surface area contributed by atoms with Gasteiger partial charge in [-0.15, -0.1) is 0 Å². The Kier molecular flexibility index (Phi) is 3.56. The molecule has 1 rings (SSSR count). The van der Waals surface area contributed by atoms with Crippen molar-refractivity contribution >= 4 is 15.9 Å². The Morgan fingerprint density at radius 1 is 1.43 bits per heavy atom. The zero-order chi connectivity index (χ0) is 10.8. The fourth-order valence-corrected chi connectivity index (χ4v) is 1.36. The summed E-state index contributed by atoms with van der Waals surface area (Å²) < 4.78 is 6.79. The van der Waals surface area contributed by atoms with Gasteiger partial charge in [0.15, 0.2) is 0 Å². The van der Waals surface area contributed by atoms with Crippen molar-refractivity contribution in [1.29, 1.82) is 0 Å². The summed E-state index contributed by atoms with van der Waals surface area (Å²) in [5, 5.41) is 0. The van der Waals surface area contributed by atoms with Crippen molar-refractivity contribution in [2.24, 2.45) is 5.73 Å². The second-order valence-corrected chi connectivity index (χ2v) is 4.83. The van der Waals surface area contributed by atoms with Crippen LogP contribution in [0.4, 0.5) is 0 Å². The number of aryl methyl sites for hydroxylation is 1. The Labute approximate surface area is 93.6 Å². The molecular weight excluding hydrogens is 242 g/mol. The minimum absolute atomic E-state index is 0.311. The first-order chi connectivity index (χ1) is 6.44. The van der Waals surface area contributed by atoms with E-state index in [1.165, 1.54) is 5.56 Å². The zero-order valence-electron chi connectivity index (χ0n) is 8.80. The topological polar surface area (TPSA) is 35.2 Å². The molecule has 0 atom stereocenters. The SMILES string of the molecule is Cc1ccc(OC(C)(C)CN)cc1Br. The maximum absolute atomic E-state index is 5.73. The van der Waals surface area contributed by atoms with E-state index in [4.69, 9.17) is 10.5 Å². The standard InChI is InChI=1S/C11H16BrNO/c1-8-4-5-9(6-10(8)12)14-11(2,3)7-13/h4-6H,7,13H2,1-3H3. The monoisotopic (exact) mass is 257 g/mol. The van der Waals surface area contributed by atoms with E-state index in [-0.39, 0.29) is 5.60 Å². The number of hydrogen-bond donors (Lipinski definition) is 1. The summed E-state index contributed by atoms with van der Waals surface area (Å²) in [6, 6.07) is 5.94. The lowest BCUT2D eigenvalue weighted by molar-refractivity contribution is 0.118. The second kappa shape index (κ2) is 4.32. The molecule has 0 amide bonds. The van der Waals surface area contributed by atoms with Crippen LogP contribution in [0.1, 0.15) is 19.4 Å². The first-order valence-electron chi connectivity index (χ1n) is 4.60. The average molecular weight is 258 g/mol. The number of nitrogens with two attached hydrogens (primary N) is 1. The normalized spacial score (nSPS) is 11.5. The van der Waals surface area contributed by atoms with Gasteiger partial charge in [0, 0.05) is 11.0 Å². The highest BCUT2D eigenvalue weighted by molar-refractivity contribution is 9.10. The van der Waals surface area contributed by atoms with Crippen molar-refractivity contribution < 1.29 is 4.74 Å². The van der Waals surface area contributed by atoms with Gasteiger partial charge in [-0.05, 0) is 38.5 Å². The van der Waals surface area contributed by atoms with E-state index in [0.717, 1.165) is 10.2 Å². The van der Waals surface area contributed by atoms with Crippen LogP contribution < -0.4 is 10.5 Å². The molecule has 1 aromatic rings. The van der Waals surface area contributed by atoms with Crippen LogP contribution >= 0.6 is 15.9 Å². The molecule has 0 aliphatic carbocycles. The third-order valence-corrected chi connectivity index (χ3v) is 2.88. The van der Waals surface area contributed by atoms with Gasteiger partial charge in [0.1, 0.15) is 11.4 Å². The molecule has 0 saturated carbocycles. The summed E-state index contributed by atoms with van der Waals surface area (Å²) in [5.74, 6) is 0.845. The average Bonchev–Trinajstić information content (AvgIpc) is 2.11. The number of benzene rings is 1. The maximum Gasteiger partial charge on any atom is 0.121 e. The lowest BCUT2D eigenvalue weighted by atomic mass is 10.1. The minimum Gasteiger partial charge on any atom is -0.487 e. The van der Waals surface area contributed by atoms with Crippen LogP contribution in [0.25, 0.3) is 0 Å². The lowest BCUT2D eigenvalue weighted by Crippen LogP contribution is -2.37. The van der Waals surface area contributed by atoms with Crippen LogP contribution in [0.15, 0.2) is 22.7 Å². The van der Waals surface area contributed by atoms with E-state index >= 15 is 0 Å². The molecule has 0 fully saturated rings. The Hall–Kier alpha value is -0.540. The Bertz CT molecular complexity index is 323. The van der Waals surface area contributed by atoms with Gasteiger partial charge in [-0.1, -0.05) is 22.0 Å². The molecule has 2 nitrogen and oxygen atoms in total. The largest absolute Gasteiger partial charge is 0.487 e. The minimum atomic E-state index is -0.311. The number of rotatable bonds is 3. The quantitative estimate of drug-likeness (QED) is 0.904. The molecule has 3 heteroatoms. The second-order valence-electron chi connectivity index (χ2n) is 3.98. The third-order valence-electron chi connectivity index (χ3n) is 2.03. The molecule has 0 aliphatic heterocycles. The predicted octanol–water partition coefficient (Wildman–Crippen LogP) is 2.87. The van der Waals surface area contributed by atoms with Gasteiger partial charge < -0.3 is 10.5 Å². The van der Waals surface area contributed by atoms with E-state index in [9.17, 15) is 0 Å². The molecule has 0 aliphatic rings. The number of ether oxygens (including phenoxy) is 1. The van der Waals surface area contributed by atoms with Crippen LogP contribution in [-0.2, 0) is 0 Å². The summed E-state index contributed by atoms with van der Waals surface area (Å²) in [6.45, 7) is 6.49. The van der Waals surface area contributed by atoms with Crippen molar-refractivity contribution in [3.05, 3.63) is 28.2 Å². The van der Waals surface area contributed by atoms with Crippen molar-refractivity contribution in [1.82, 2.24) is 0 Å². The number of hydrogen-bond acceptors (Lipinski definition) is 2. The van der Waals surface area contributed by atoms with Crippen molar-refractivity contribution in [2.75, 3.05) is 6.54 Å². The fraction of sp³-hybridized carbons (Fsp3) is 0.455. The van der Waals surface area contributed by atoms with Crippen molar-refractivity contribution in [3.63, 3.8) is 0 Å². The Balaban J connectivity index is 2.83. The van der Waals surface area contributed by atoms with Crippen LogP contribution in [-0.4, -0.2) is 12.1 Å². The fourth-order valence-electron chi connectivity index (χ4n) is 0.998. The van der Waals surface area contributed by atoms with Gasteiger partial charge >= 0.3 is 0 Å². The molecule has 0 heterocycles.